The first kappa shape index (κ1) is 12.6. The van der Waals surface area contributed by atoms with Crippen molar-refractivity contribution in [3.05, 3.63) is 47.7 Å². The smallest absolute Gasteiger partial charge is 0.229 e. The van der Waals surface area contributed by atoms with Crippen LogP contribution in [0.2, 0.25) is 0 Å². The molecule has 0 spiro atoms. The number of aromatic nitrogens is 1. The minimum atomic E-state index is 0.195. The van der Waals surface area contributed by atoms with Crippen LogP contribution in [0.1, 0.15) is 15.9 Å². The third kappa shape index (κ3) is 2.69. The Labute approximate surface area is 110 Å². The Morgan fingerprint density at radius 2 is 2.16 bits per heavy atom. The van der Waals surface area contributed by atoms with E-state index in [0.29, 0.717) is 28.9 Å². The molecule has 94 valence electrons. The fourth-order valence-corrected chi connectivity index (χ4v) is 1.50. The molecule has 0 saturated heterocycles. The lowest BCUT2D eigenvalue weighted by Gasteiger charge is -2.10. The Hall–Kier alpha value is -2.87. The van der Waals surface area contributed by atoms with E-state index < -0.39 is 0 Å². The number of benzene rings is 1. The highest BCUT2D eigenvalue weighted by molar-refractivity contribution is 5.78. The van der Waals surface area contributed by atoms with E-state index in [4.69, 9.17) is 14.7 Å². The second-order valence-corrected chi connectivity index (χ2v) is 3.60. The summed E-state index contributed by atoms with van der Waals surface area (Å²) in [5.41, 5.74) is 0.801. The number of methoxy groups -OCH3 is 1. The molecule has 0 N–H and O–H groups in total. The van der Waals surface area contributed by atoms with Gasteiger partial charge in [0.05, 0.1) is 24.3 Å². The van der Waals surface area contributed by atoms with E-state index >= 15 is 0 Å². The van der Waals surface area contributed by atoms with Gasteiger partial charge >= 0.3 is 0 Å². The normalized spacial score (nSPS) is 9.47. The number of rotatable bonds is 4. The Balaban J connectivity index is 2.38. The third-order valence-electron chi connectivity index (χ3n) is 2.43. The number of hydrogen-bond donors (Lipinski definition) is 0. The fraction of sp³-hybridized carbons (Fsp3) is 0.0714. The van der Waals surface area contributed by atoms with E-state index in [1.54, 1.807) is 30.3 Å². The van der Waals surface area contributed by atoms with Crippen LogP contribution in [0.5, 0.6) is 17.4 Å². The summed E-state index contributed by atoms with van der Waals surface area (Å²) in [6.07, 6.45) is 2.19. The molecule has 2 rings (SSSR count). The van der Waals surface area contributed by atoms with Gasteiger partial charge in [0.25, 0.3) is 0 Å². The quantitative estimate of drug-likeness (QED) is 0.784. The zero-order chi connectivity index (χ0) is 13.7. The number of pyridine rings is 1. The minimum Gasteiger partial charge on any atom is -0.493 e. The van der Waals surface area contributed by atoms with Crippen LogP contribution >= 0.6 is 0 Å². The first-order valence-corrected chi connectivity index (χ1v) is 5.44. The number of hydrogen-bond acceptors (Lipinski definition) is 5. The maximum Gasteiger partial charge on any atom is 0.229 e. The van der Waals surface area contributed by atoms with Crippen LogP contribution in [-0.4, -0.2) is 18.4 Å². The molecule has 0 aliphatic carbocycles. The zero-order valence-corrected chi connectivity index (χ0v) is 10.2. The van der Waals surface area contributed by atoms with Gasteiger partial charge in [-0.25, -0.2) is 4.98 Å². The van der Waals surface area contributed by atoms with Crippen molar-refractivity contribution >= 4 is 6.29 Å². The van der Waals surface area contributed by atoms with Gasteiger partial charge in [-0.05, 0) is 24.3 Å². The molecule has 0 saturated carbocycles. The van der Waals surface area contributed by atoms with Crippen molar-refractivity contribution in [2.45, 2.75) is 0 Å². The van der Waals surface area contributed by atoms with E-state index in [1.807, 2.05) is 6.07 Å². The van der Waals surface area contributed by atoms with E-state index in [9.17, 15) is 4.79 Å². The molecule has 0 aliphatic heterocycles. The van der Waals surface area contributed by atoms with Crippen molar-refractivity contribution < 1.29 is 14.3 Å². The molecule has 0 amide bonds. The van der Waals surface area contributed by atoms with Crippen LogP contribution in [-0.2, 0) is 0 Å². The van der Waals surface area contributed by atoms with Crippen LogP contribution in [0.15, 0.2) is 36.5 Å². The van der Waals surface area contributed by atoms with Crippen molar-refractivity contribution in [2.24, 2.45) is 0 Å². The number of aldehydes is 1. The topological polar surface area (TPSA) is 72.2 Å². The first-order valence-electron chi connectivity index (χ1n) is 5.44. The molecular formula is C14H10N2O3. The first-order chi connectivity index (χ1) is 9.28. The number of ether oxygens (including phenoxy) is 2. The van der Waals surface area contributed by atoms with Crippen molar-refractivity contribution in [2.75, 3.05) is 7.11 Å². The molecular weight excluding hydrogens is 244 g/mol. The summed E-state index contributed by atoms with van der Waals surface area (Å²) >= 11 is 0. The fourth-order valence-electron chi connectivity index (χ4n) is 1.50. The van der Waals surface area contributed by atoms with Crippen molar-refractivity contribution in [3.8, 4) is 23.4 Å². The van der Waals surface area contributed by atoms with Gasteiger partial charge < -0.3 is 9.47 Å². The predicted molar refractivity (Wildman–Crippen MR) is 67.4 cm³/mol. The molecule has 5 nitrogen and oxygen atoms in total. The van der Waals surface area contributed by atoms with E-state index in [1.165, 1.54) is 13.3 Å². The Morgan fingerprint density at radius 3 is 2.84 bits per heavy atom. The van der Waals surface area contributed by atoms with Crippen molar-refractivity contribution in [3.63, 3.8) is 0 Å². The summed E-state index contributed by atoms with van der Waals surface area (Å²) in [6, 6.07) is 10.0. The van der Waals surface area contributed by atoms with Gasteiger partial charge in [0.1, 0.15) is 0 Å². The number of carbonyl (C=O) groups excluding carboxylic acids is 1. The molecule has 0 fully saturated rings. The van der Waals surface area contributed by atoms with Gasteiger partial charge in [-0.2, -0.15) is 5.26 Å². The van der Waals surface area contributed by atoms with Gasteiger partial charge in [0.2, 0.25) is 5.88 Å². The second-order valence-electron chi connectivity index (χ2n) is 3.60. The molecule has 0 bridgehead atoms. The lowest BCUT2D eigenvalue weighted by Crippen LogP contribution is -1.96. The highest BCUT2D eigenvalue weighted by atomic mass is 16.5. The molecule has 19 heavy (non-hydrogen) atoms. The van der Waals surface area contributed by atoms with Crippen molar-refractivity contribution in [1.82, 2.24) is 4.98 Å². The summed E-state index contributed by atoms with van der Waals surface area (Å²) in [4.78, 5) is 14.9. The SMILES string of the molecule is COc1cc(C#N)ccc1Oc1ncccc1C=O. The molecule has 2 aromatic rings. The summed E-state index contributed by atoms with van der Waals surface area (Å²) < 4.78 is 10.7. The van der Waals surface area contributed by atoms with Crippen LogP contribution in [0.25, 0.3) is 0 Å². The summed E-state index contributed by atoms with van der Waals surface area (Å²) in [6.45, 7) is 0. The molecule has 1 aromatic heterocycles. The number of nitrogens with zero attached hydrogens (tertiary/aromatic N) is 2. The Morgan fingerprint density at radius 1 is 1.32 bits per heavy atom. The molecule has 0 radical (unpaired) electrons. The molecule has 1 heterocycles. The van der Waals surface area contributed by atoms with Gasteiger partial charge in [0.15, 0.2) is 17.8 Å². The molecule has 0 unspecified atom stereocenters. The van der Waals surface area contributed by atoms with Gasteiger partial charge in [-0.1, -0.05) is 0 Å². The second kappa shape index (κ2) is 5.65. The Bertz CT molecular complexity index is 647. The summed E-state index contributed by atoms with van der Waals surface area (Å²) in [7, 11) is 1.47. The van der Waals surface area contributed by atoms with E-state index in [2.05, 4.69) is 4.98 Å². The lowest BCUT2D eigenvalue weighted by atomic mass is 10.2. The highest BCUT2D eigenvalue weighted by Crippen LogP contribution is 2.32. The maximum absolute atomic E-state index is 10.9. The van der Waals surface area contributed by atoms with Crippen LogP contribution in [0, 0.1) is 11.3 Å². The van der Waals surface area contributed by atoms with Gasteiger partial charge in [-0.15, -0.1) is 0 Å². The molecule has 0 aliphatic rings. The standard InChI is InChI=1S/C14H10N2O3/c1-18-13-7-10(8-15)4-5-12(13)19-14-11(9-17)3-2-6-16-14/h2-7,9H,1H3. The maximum atomic E-state index is 10.9. The van der Waals surface area contributed by atoms with Crippen molar-refractivity contribution in [1.29, 1.82) is 5.26 Å². The highest BCUT2D eigenvalue weighted by Gasteiger charge is 2.10. The van der Waals surface area contributed by atoms with Gasteiger partial charge in [0, 0.05) is 12.3 Å². The number of carbonyl (C=O) groups is 1. The third-order valence-corrected chi connectivity index (χ3v) is 2.43. The minimum absolute atomic E-state index is 0.195. The lowest BCUT2D eigenvalue weighted by molar-refractivity contribution is 0.112. The van der Waals surface area contributed by atoms with Crippen LogP contribution < -0.4 is 9.47 Å². The molecule has 1 aromatic carbocycles. The average Bonchev–Trinajstić information content (AvgIpc) is 2.48. The largest absolute Gasteiger partial charge is 0.493 e. The van der Waals surface area contributed by atoms with E-state index in [0.717, 1.165) is 0 Å². The summed E-state index contributed by atoms with van der Waals surface area (Å²) in [5.74, 6) is 0.991. The molecule has 0 atom stereocenters. The van der Waals surface area contributed by atoms with Crippen LogP contribution in [0.3, 0.4) is 0 Å². The average molecular weight is 254 g/mol. The van der Waals surface area contributed by atoms with Crippen LogP contribution in [0.4, 0.5) is 0 Å². The number of nitriles is 1. The van der Waals surface area contributed by atoms with E-state index in [-0.39, 0.29) is 5.88 Å². The predicted octanol–water partition coefficient (Wildman–Crippen LogP) is 2.57. The monoisotopic (exact) mass is 254 g/mol. The molecule has 5 heteroatoms. The Kier molecular flexibility index (Phi) is 3.74. The summed E-state index contributed by atoms with van der Waals surface area (Å²) in [5, 5.41) is 8.82. The zero-order valence-electron chi connectivity index (χ0n) is 10.2. The van der Waals surface area contributed by atoms with Gasteiger partial charge in [-0.3, -0.25) is 4.79 Å².